The number of rotatable bonds is 4. The molecule has 0 amide bonds. The van der Waals surface area contributed by atoms with E-state index in [1.807, 2.05) is 12.1 Å². The Hall–Kier alpha value is -1.52. The van der Waals surface area contributed by atoms with Gasteiger partial charge in [-0.1, -0.05) is 35.3 Å². The van der Waals surface area contributed by atoms with Crippen molar-refractivity contribution >= 4 is 29.2 Å². The van der Waals surface area contributed by atoms with Crippen LogP contribution in [0.3, 0.4) is 0 Å². The molecule has 1 heterocycles. The summed E-state index contributed by atoms with van der Waals surface area (Å²) < 4.78 is 4.88. The third kappa shape index (κ3) is 3.28. The molecule has 0 aliphatic heterocycles. The van der Waals surface area contributed by atoms with Crippen LogP contribution in [0.2, 0.25) is 10.0 Å². The number of aromatic nitrogens is 2. The number of imidazole rings is 1. The van der Waals surface area contributed by atoms with Crippen LogP contribution < -0.4 is 0 Å². The van der Waals surface area contributed by atoms with Crippen molar-refractivity contribution in [3.05, 3.63) is 51.5 Å². The number of esters is 1. The quantitative estimate of drug-likeness (QED) is 0.879. The molecule has 1 N–H and O–H groups in total. The molecule has 0 aliphatic carbocycles. The highest BCUT2D eigenvalue weighted by Crippen LogP contribution is 2.26. The molecule has 0 spiro atoms. The van der Waals surface area contributed by atoms with E-state index < -0.39 is 5.97 Å². The van der Waals surface area contributed by atoms with Crippen LogP contribution in [-0.2, 0) is 11.2 Å². The zero-order valence-corrected chi connectivity index (χ0v) is 11.8. The first-order valence-electron chi connectivity index (χ1n) is 5.75. The number of nitrogens with one attached hydrogen (secondary N) is 1. The summed E-state index contributed by atoms with van der Waals surface area (Å²) in [5.74, 6) is 0.214. The summed E-state index contributed by atoms with van der Waals surface area (Å²) in [6, 6.07) is 5.40. The molecule has 1 aromatic heterocycles. The minimum Gasteiger partial charge on any atom is -0.461 e. The Morgan fingerprint density at radius 3 is 2.95 bits per heavy atom. The van der Waals surface area contributed by atoms with E-state index in [1.165, 1.54) is 6.20 Å². The zero-order valence-electron chi connectivity index (χ0n) is 10.2. The van der Waals surface area contributed by atoms with Crippen molar-refractivity contribution in [2.45, 2.75) is 13.3 Å². The van der Waals surface area contributed by atoms with Crippen LogP contribution in [0, 0.1) is 0 Å². The van der Waals surface area contributed by atoms with Gasteiger partial charge in [0, 0.05) is 6.42 Å². The number of halogens is 2. The number of hydrogen-bond acceptors (Lipinski definition) is 3. The fraction of sp³-hybridized carbons (Fsp3) is 0.231. The third-order valence-corrected chi connectivity index (χ3v) is 3.37. The van der Waals surface area contributed by atoms with E-state index in [2.05, 4.69) is 9.97 Å². The molecule has 2 aromatic rings. The molecular weight excluding hydrogens is 287 g/mol. The number of hydrogen-bond donors (Lipinski definition) is 1. The fourth-order valence-electron chi connectivity index (χ4n) is 1.63. The van der Waals surface area contributed by atoms with Gasteiger partial charge >= 0.3 is 5.97 Å². The molecule has 0 saturated carbocycles. The van der Waals surface area contributed by atoms with Crippen molar-refractivity contribution in [3.8, 4) is 0 Å². The minimum atomic E-state index is -0.418. The van der Waals surface area contributed by atoms with E-state index in [-0.39, 0.29) is 0 Å². The average molecular weight is 299 g/mol. The molecule has 1 aromatic carbocycles. The molecule has 4 nitrogen and oxygen atoms in total. The van der Waals surface area contributed by atoms with E-state index in [1.54, 1.807) is 13.0 Å². The fourth-order valence-corrected chi connectivity index (χ4v) is 2.02. The molecule has 0 fully saturated rings. The van der Waals surface area contributed by atoms with Crippen molar-refractivity contribution in [1.29, 1.82) is 0 Å². The Labute approximate surface area is 120 Å². The van der Waals surface area contributed by atoms with E-state index in [0.29, 0.717) is 34.6 Å². The van der Waals surface area contributed by atoms with Gasteiger partial charge < -0.3 is 9.72 Å². The van der Waals surface area contributed by atoms with Crippen LogP contribution in [0.1, 0.15) is 28.8 Å². The van der Waals surface area contributed by atoms with E-state index >= 15 is 0 Å². The van der Waals surface area contributed by atoms with E-state index in [9.17, 15) is 4.79 Å². The summed E-state index contributed by atoms with van der Waals surface area (Å²) in [5, 5.41) is 0.995. The summed E-state index contributed by atoms with van der Waals surface area (Å²) in [7, 11) is 0. The predicted octanol–water partition coefficient (Wildman–Crippen LogP) is 3.48. The summed E-state index contributed by atoms with van der Waals surface area (Å²) in [6.45, 7) is 2.08. The Bertz CT molecular complexity index is 596. The van der Waals surface area contributed by atoms with Crippen molar-refractivity contribution in [3.63, 3.8) is 0 Å². The number of carbonyl (C=O) groups is 1. The van der Waals surface area contributed by atoms with Crippen molar-refractivity contribution in [1.82, 2.24) is 9.97 Å². The maximum absolute atomic E-state index is 11.5. The van der Waals surface area contributed by atoms with Crippen molar-refractivity contribution in [2.75, 3.05) is 6.61 Å². The Morgan fingerprint density at radius 2 is 2.21 bits per heavy atom. The lowest BCUT2D eigenvalue weighted by Gasteiger charge is -2.03. The normalized spacial score (nSPS) is 10.5. The van der Waals surface area contributed by atoms with Gasteiger partial charge in [-0.15, -0.1) is 0 Å². The first-order valence-corrected chi connectivity index (χ1v) is 6.51. The smallest absolute Gasteiger partial charge is 0.356 e. The van der Waals surface area contributed by atoms with Gasteiger partial charge in [0.25, 0.3) is 0 Å². The number of nitrogens with zero attached hydrogens (tertiary/aromatic N) is 1. The molecular formula is C13H12Cl2N2O2. The van der Waals surface area contributed by atoms with Gasteiger partial charge in [0.15, 0.2) is 0 Å². The van der Waals surface area contributed by atoms with Crippen LogP contribution in [0.4, 0.5) is 0 Å². The Balaban J connectivity index is 2.16. The topological polar surface area (TPSA) is 55.0 Å². The Morgan fingerprint density at radius 1 is 1.42 bits per heavy atom. The molecule has 2 rings (SSSR count). The zero-order chi connectivity index (χ0) is 13.8. The maximum atomic E-state index is 11.5. The van der Waals surface area contributed by atoms with Crippen LogP contribution in [0.25, 0.3) is 0 Å². The summed E-state index contributed by atoms with van der Waals surface area (Å²) in [5.41, 5.74) is 1.17. The van der Waals surface area contributed by atoms with Gasteiger partial charge in [-0.2, -0.15) is 0 Å². The lowest BCUT2D eigenvalue weighted by atomic mass is 10.1. The number of aromatic amines is 1. The second-order valence-electron chi connectivity index (χ2n) is 3.85. The number of ether oxygens (including phenoxy) is 1. The molecule has 0 unspecified atom stereocenters. The first-order chi connectivity index (χ1) is 9.11. The van der Waals surface area contributed by atoms with Gasteiger partial charge in [0.05, 0.1) is 22.8 Å². The lowest BCUT2D eigenvalue weighted by molar-refractivity contribution is 0.0520. The molecule has 0 atom stereocenters. The van der Waals surface area contributed by atoms with E-state index in [4.69, 9.17) is 27.9 Å². The molecule has 0 aliphatic rings. The van der Waals surface area contributed by atoms with Gasteiger partial charge in [-0.25, -0.2) is 9.78 Å². The minimum absolute atomic E-state index is 0.327. The SMILES string of the molecule is CCOC(=O)c1cnc(Cc2cccc(Cl)c2Cl)[nH]1. The number of carbonyl (C=O) groups excluding carboxylic acids is 1. The van der Waals surface area contributed by atoms with Gasteiger partial charge in [-0.3, -0.25) is 0 Å². The molecule has 100 valence electrons. The lowest BCUT2D eigenvalue weighted by Crippen LogP contribution is -2.05. The predicted molar refractivity (Wildman–Crippen MR) is 73.8 cm³/mol. The number of H-pyrrole nitrogens is 1. The van der Waals surface area contributed by atoms with Crippen LogP contribution in [-0.4, -0.2) is 22.5 Å². The largest absolute Gasteiger partial charge is 0.461 e. The van der Waals surface area contributed by atoms with Crippen LogP contribution in [0.15, 0.2) is 24.4 Å². The highest BCUT2D eigenvalue weighted by molar-refractivity contribution is 6.42. The monoisotopic (exact) mass is 298 g/mol. The molecule has 0 radical (unpaired) electrons. The van der Waals surface area contributed by atoms with Crippen LogP contribution in [0.5, 0.6) is 0 Å². The second-order valence-corrected chi connectivity index (χ2v) is 4.64. The Kier molecular flexibility index (Phi) is 4.45. The number of benzene rings is 1. The van der Waals surface area contributed by atoms with Crippen molar-refractivity contribution in [2.24, 2.45) is 0 Å². The molecule has 0 bridgehead atoms. The second kappa shape index (κ2) is 6.08. The average Bonchev–Trinajstić information content (AvgIpc) is 2.84. The van der Waals surface area contributed by atoms with Gasteiger partial charge in [0.1, 0.15) is 11.5 Å². The van der Waals surface area contributed by atoms with Crippen molar-refractivity contribution < 1.29 is 9.53 Å². The standard InChI is InChI=1S/C13H12Cl2N2O2/c1-2-19-13(18)10-7-16-11(17-10)6-8-4-3-5-9(14)12(8)15/h3-5,7H,2,6H2,1H3,(H,16,17). The molecule has 0 saturated heterocycles. The highest BCUT2D eigenvalue weighted by Gasteiger charge is 2.12. The summed E-state index contributed by atoms with van der Waals surface area (Å²) in [6.07, 6.45) is 1.92. The summed E-state index contributed by atoms with van der Waals surface area (Å²) >= 11 is 12.0. The molecule has 6 heteroatoms. The molecule has 19 heavy (non-hydrogen) atoms. The highest BCUT2D eigenvalue weighted by atomic mass is 35.5. The third-order valence-electron chi connectivity index (χ3n) is 2.51. The van der Waals surface area contributed by atoms with E-state index in [0.717, 1.165) is 5.56 Å². The van der Waals surface area contributed by atoms with Gasteiger partial charge in [-0.05, 0) is 18.6 Å². The van der Waals surface area contributed by atoms with Gasteiger partial charge in [0.2, 0.25) is 0 Å². The first kappa shape index (κ1) is 13.9. The maximum Gasteiger partial charge on any atom is 0.356 e. The summed E-state index contributed by atoms with van der Waals surface area (Å²) in [4.78, 5) is 18.5. The van der Waals surface area contributed by atoms with Crippen LogP contribution >= 0.6 is 23.2 Å².